The largest absolute Gasteiger partial charge is 0.467 e. The van der Waals surface area contributed by atoms with Gasteiger partial charge in [0.1, 0.15) is 6.10 Å². The second kappa shape index (κ2) is 6.12. The van der Waals surface area contributed by atoms with Gasteiger partial charge in [-0.05, 0) is 30.5 Å². The Morgan fingerprint density at radius 1 is 1.21 bits per heavy atom. The van der Waals surface area contributed by atoms with E-state index in [1.54, 1.807) is 17.5 Å². The number of piperidine rings is 1. The van der Waals surface area contributed by atoms with Crippen molar-refractivity contribution in [1.82, 2.24) is 14.9 Å². The molecule has 1 aliphatic heterocycles. The van der Waals surface area contributed by atoms with Crippen molar-refractivity contribution < 1.29 is 4.74 Å². The van der Waals surface area contributed by atoms with E-state index < -0.39 is 0 Å². The van der Waals surface area contributed by atoms with Crippen LogP contribution >= 0.6 is 11.3 Å². The van der Waals surface area contributed by atoms with Crippen LogP contribution in [0.2, 0.25) is 0 Å². The molecule has 2 aromatic rings. The highest BCUT2D eigenvalue weighted by atomic mass is 32.1. The Bertz CT molecular complexity index is 481. The predicted octanol–water partition coefficient (Wildman–Crippen LogP) is 2.58. The minimum Gasteiger partial charge on any atom is -0.467 e. The maximum absolute atomic E-state index is 5.86. The molecule has 0 spiro atoms. The van der Waals surface area contributed by atoms with E-state index in [9.17, 15) is 0 Å². The van der Waals surface area contributed by atoms with Crippen molar-refractivity contribution in [2.75, 3.05) is 13.1 Å². The minimum atomic E-state index is 0.319. The van der Waals surface area contributed by atoms with Crippen LogP contribution < -0.4 is 4.74 Å². The monoisotopic (exact) mass is 275 g/mol. The molecule has 0 saturated carbocycles. The van der Waals surface area contributed by atoms with E-state index in [0.717, 1.165) is 37.7 Å². The summed E-state index contributed by atoms with van der Waals surface area (Å²) in [5, 5.41) is 2.75. The van der Waals surface area contributed by atoms with E-state index in [2.05, 4.69) is 27.0 Å². The van der Waals surface area contributed by atoms with Crippen molar-refractivity contribution in [2.24, 2.45) is 0 Å². The number of ether oxygens (including phenoxy) is 1. The molecule has 0 amide bonds. The number of hydrogen-bond acceptors (Lipinski definition) is 5. The van der Waals surface area contributed by atoms with E-state index in [4.69, 9.17) is 4.74 Å². The number of likely N-dealkylation sites (tertiary alicyclic amines) is 1. The van der Waals surface area contributed by atoms with Crippen LogP contribution in [0.5, 0.6) is 5.19 Å². The lowest BCUT2D eigenvalue weighted by Gasteiger charge is -2.31. The van der Waals surface area contributed by atoms with Crippen LogP contribution in [0.25, 0.3) is 0 Å². The Kier molecular flexibility index (Phi) is 4.05. The fourth-order valence-electron chi connectivity index (χ4n) is 2.34. The van der Waals surface area contributed by atoms with Crippen molar-refractivity contribution in [1.29, 1.82) is 0 Å². The second-order valence-electron chi connectivity index (χ2n) is 4.75. The summed E-state index contributed by atoms with van der Waals surface area (Å²) in [4.78, 5) is 10.7. The van der Waals surface area contributed by atoms with Crippen LogP contribution in [-0.4, -0.2) is 34.1 Å². The first-order chi connectivity index (χ1) is 9.40. The van der Waals surface area contributed by atoms with Crippen molar-refractivity contribution in [3.05, 3.63) is 41.7 Å². The fraction of sp³-hybridized carbons (Fsp3) is 0.429. The average molecular weight is 275 g/mol. The molecule has 0 atom stereocenters. The summed E-state index contributed by atoms with van der Waals surface area (Å²) in [6.07, 6.45) is 7.97. The molecule has 1 saturated heterocycles. The van der Waals surface area contributed by atoms with E-state index >= 15 is 0 Å². The van der Waals surface area contributed by atoms with E-state index in [1.807, 2.05) is 17.8 Å². The highest BCUT2D eigenvalue weighted by Crippen LogP contribution is 2.21. The summed E-state index contributed by atoms with van der Waals surface area (Å²) in [5.41, 5.74) is 1.33. The molecule has 0 bridgehead atoms. The Morgan fingerprint density at radius 3 is 2.68 bits per heavy atom. The highest BCUT2D eigenvalue weighted by Gasteiger charge is 2.21. The highest BCUT2D eigenvalue weighted by molar-refractivity contribution is 7.11. The third-order valence-electron chi connectivity index (χ3n) is 3.37. The van der Waals surface area contributed by atoms with Gasteiger partial charge in [-0.1, -0.05) is 11.3 Å². The lowest BCUT2D eigenvalue weighted by atomic mass is 10.1. The standard InChI is InChI=1S/C14H17N3OS/c1-5-15-6-2-12(1)11-17-8-3-13(4-9-17)18-14-16-7-10-19-14/h1-2,5-7,10,13H,3-4,8-9,11H2. The third kappa shape index (κ3) is 3.52. The normalized spacial score (nSPS) is 17.5. The van der Waals surface area contributed by atoms with Gasteiger partial charge in [0, 0.05) is 43.6 Å². The minimum absolute atomic E-state index is 0.319. The van der Waals surface area contributed by atoms with Gasteiger partial charge in [-0.2, -0.15) is 0 Å². The van der Waals surface area contributed by atoms with Gasteiger partial charge >= 0.3 is 0 Å². The average Bonchev–Trinajstić information content (AvgIpc) is 2.95. The van der Waals surface area contributed by atoms with Crippen molar-refractivity contribution in [3.63, 3.8) is 0 Å². The summed E-state index contributed by atoms with van der Waals surface area (Å²) in [5.74, 6) is 0. The first-order valence-corrected chi connectivity index (χ1v) is 7.45. The number of hydrogen-bond donors (Lipinski definition) is 0. The summed E-state index contributed by atoms with van der Waals surface area (Å²) in [6.45, 7) is 3.17. The maximum Gasteiger partial charge on any atom is 0.273 e. The molecule has 3 heterocycles. The van der Waals surface area contributed by atoms with E-state index in [-0.39, 0.29) is 0 Å². The molecule has 2 aromatic heterocycles. The molecule has 0 aromatic carbocycles. The zero-order chi connectivity index (χ0) is 12.9. The molecule has 5 heteroatoms. The summed E-state index contributed by atoms with van der Waals surface area (Å²) in [6, 6.07) is 4.16. The topological polar surface area (TPSA) is 38.2 Å². The van der Waals surface area contributed by atoms with Gasteiger partial charge in [0.2, 0.25) is 0 Å². The van der Waals surface area contributed by atoms with Gasteiger partial charge in [0.25, 0.3) is 5.19 Å². The van der Waals surface area contributed by atoms with Crippen molar-refractivity contribution >= 4 is 11.3 Å². The first-order valence-electron chi connectivity index (χ1n) is 6.57. The molecule has 0 unspecified atom stereocenters. The SMILES string of the molecule is c1cc(CN2CCC(Oc3nccs3)CC2)ccn1. The third-order valence-corrected chi connectivity index (χ3v) is 4.03. The van der Waals surface area contributed by atoms with Crippen LogP contribution in [0.4, 0.5) is 0 Å². The molecule has 1 aliphatic rings. The molecular weight excluding hydrogens is 258 g/mol. The van der Waals surface area contributed by atoms with Crippen LogP contribution in [0.1, 0.15) is 18.4 Å². The molecule has 0 N–H and O–H groups in total. The smallest absolute Gasteiger partial charge is 0.273 e. The van der Waals surface area contributed by atoms with Crippen LogP contribution in [0.3, 0.4) is 0 Å². The Morgan fingerprint density at radius 2 is 2.00 bits per heavy atom. The molecule has 4 nitrogen and oxygen atoms in total. The molecule has 3 rings (SSSR count). The Labute approximate surface area is 117 Å². The number of rotatable bonds is 4. The molecule has 19 heavy (non-hydrogen) atoms. The lowest BCUT2D eigenvalue weighted by molar-refractivity contribution is 0.0965. The summed E-state index contributed by atoms with van der Waals surface area (Å²) >= 11 is 1.57. The number of pyridine rings is 1. The second-order valence-corrected chi connectivity index (χ2v) is 5.60. The molecular formula is C14H17N3OS. The van der Waals surface area contributed by atoms with Crippen LogP contribution in [0.15, 0.2) is 36.1 Å². The molecule has 100 valence electrons. The first kappa shape index (κ1) is 12.6. The van der Waals surface area contributed by atoms with Gasteiger partial charge in [-0.25, -0.2) is 4.98 Å². The Balaban J connectivity index is 1.47. The van der Waals surface area contributed by atoms with Crippen molar-refractivity contribution in [3.8, 4) is 5.19 Å². The quantitative estimate of drug-likeness (QED) is 0.859. The van der Waals surface area contributed by atoms with Gasteiger partial charge in [-0.3, -0.25) is 9.88 Å². The number of thiazole rings is 1. The number of nitrogens with zero attached hydrogens (tertiary/aromatic N) is 3. The molecule has 0 aliphatic carbocycles. The molecule has 1 fully saturated rings. The van der Waals surface area contributed by atoms with E-state index in [0.29, 0.717) is 6.10 Å². The molecule has 0 radical (unpaired) electrons. The van der Waals surface area contributed by atoms with Gasteiger partial charge in [-0.15, -0.1) is 0 Å². The summed E-state index contributed by atoms with van der Waals surface area (Å²) in [7, 11) is 0. The van der Waals surface area contributed by atoms with Crippen molar-refractivity contribution in [2.45, 2.75) is 25.5 Å². The number of aromatic nitrogens is 2. The van der Waals surface area contributed by atoms with Crippen LogP contribution in [0, 0.1) is 0 Å². The predicted molar refractivity (Wildman–Crippen MR) is 75.3 cm³/mol. The Hall–Kier alpha value is -1.46. The van der Waals surface area contributed by atoms with Gasteiger partial charge in [0.05, 0.1) is 0 Å². The van der Waals surface area contributed by atoms with Crippen LogP contribution in [-0.2, 0) is 6.54 Å². The van der Waals surface area contributed by atoms with Gasteiger partial charge in [0.15, 0.2) is 0 Å². The lowest BCUT2D eigenvalue weighted by Crippen LogP contribution is -2.37. The zero-order valence-corrected chi connectivity index (χ0v) is 11.6. The fourth-order valence-corrected chi connectivity index (χ4v) is 2.89. The summed E-state index contributed by atoms with van der Waals surface area (Å²) < 4.78 is 5.86. The van der Waals surface area contributed by atoms with Gasteiger partial charge < -0.3 is 4.74 Å². The maximum atomic E-state index is 5.86. The van der Waals surface area contributed by atoms with E-state index in [1.165, 1.54) is 5.56 Å². The zero-order valence-electron chi connectivity index (χ0n) is 10.7.